The summed E-state index contributed by atoms with van der Waals surface area (Å²) in [6, 6.07) is 4.00. The van der Waals surface area contributed by atoms with Crippen molar-refractivity contribution in [1.29, 1.82) is 0 Å². The monoisotopic (exact) mass is 364 g/mol. The first-order valence-electron chi connectivity index (χ1n) is 7.32. The number of piperazine rings is 1. The summed E-state index contributed by atoms with van der Waals surface area (Å²) in [6.45, 7) is 1.67. The van der Waals surface area contributed by atoms with E-state index in [4.69, 9.17) is 17.3 Å². The summed E-state index contributed by atoms with van der Waals surface area (Å²) in [6.07, 6.45) is 0. The maximum atomic E-state index is 13.9. The van der Waals surface area contributed by atoms with Gasteiger partial charge in [0.15, 0.2) is 0 Å². The molecule has 2 rings (SSSR count). The summed E-state index contributed by atoms with van der Waals surface area (Å²) in [5.41, 5.74) is 5.89. The average molecular weight is 365 g/mol. The molecule has 1 fully saturated rings. The van der Waals surface area contributed by atoms with Gasteiger partial charge >= 0.3 is 0 Å². The molecular weight excluding hydrogens is 343 g/mol. The second-order valence-corrected chi connectivity index (χ2v) is 8.12. The minimum Gasteiger partial charge on any atom is -0.329 e. The van der Waals surface area contributed by atoms with Gasteiger partial charge < -0.3 is 10.6 Å². The predicted molar refractivity (Wildman–Crippen MR) is 88.8 cm³/mol. The molecule has 1 atom stereocenters. The molecule has 0 aliphatic carbocycles. The van der Waals surface area contributed by atoms with Crippen LogP contribution >= 0.6 is 11.6 Å². The molecule has 0 radical (unpaired) electrons. The molecule has 0 bridgehead atoms. The molecule has 1 aromatic rings. The quantitative estimate of drug-likeness (QED) is 0.836. The van der Waals surface area contributed by atoms with E-state index in [2.05, 4.69) is 0 Å². The fourth-order valence-electron chi connectivity index (χ4n) is 2.66. The third kappa shape index (κ3) is 4.01. The van der Waals surface area contributed by atoms with Crippen LogP contribution < -0.4 is 5.73 Å². The average Bonchev–Trinajstić information content (AvgIpc) is 2.50. The van der Waals surface area contributed by atoms with Gasteiger partial charge in [0.25, 0.3) is 10.2 Å². The van der Waals surface area contributed by atoms with Crippen LogP contribution in [0.2, 0.25) is 5.02 Å². The number of likely N-dealkylation sites (N-methyl/N-ethyl adjacent to an activating group) is 1. The predicted octanol–water partition coefficient (Wildman–Crippen LogP) is 0.730. The lowest BCUT2D eigenvalue weighted by Gasteiger charge is -2.40. The smallest absolute Gasteiger partial charge is 0.282 e. The van der Waals surface area contributed by atoms with Crippen LogP contribution in [-0.4, -0.2) is 68.2 Å². The van der Waals surface area contributed by atoms with E-state index >= 15 is 0 Å². The van der Waals surface area contributed by atoms with E-state index in [1.165, 1.54) is 23.5 Å². The molecule has 0 aromatic heterocycles. The molecule has 1 aliphatic heterocycles. The van der Waals surface area contributed by atoms with E-state index in [1.807, 2.05) is 11.9 Å². The van der Waals surface area contributed by atoms with Gasteiger partial charge in [-0.15, -0.1) is 0 Å². The Morgan fingerprint density at radius 3 is 2.74 bits per heavy atom. The molecule has 9 heteroatoms. The Hall–Kier alpha value is -0.770. The van der Waals surface area contributed by atoms with Gasteiger partial charge in [0.05, 0.1) is 6.04 Å². The van der Waals surface area contributed by atoms with Gasteiger partial charge in [0, 0.05) is 50.4 Å². The van der Waals surface area contributed by atoms with Crippen LogP contribution in [-0.2, 0) is 16.8 Å². The van der Waals surface area contributed by atoms with Crippen LogP contribution in [0.3, 0.4) is 0 Å². The summed E-state index contributed by atoms with van der Waals surface area (Å²) in [5.74, 6) is -0.520. The minimum absolute atomic E-state index is 0.128. The van der Waals surface area contributed by atoms with E-state index in [9.17, 15) is 12.8 Å². The number of halogens is 2. The molecule has 0 saturated carbocycles. The number of hydrogen-bond acceptors (Lipinski definition) is 4. The number of nitrogens with two attached hydrogens (primary N) is 1. The molecule has 1 aliphatic rings. The summed E-state index contributed by atoms with van der Waals surface area (Å²) in [4.78, 5) is 2.04. The van der Waals surface area contributed by atoms with E-state index in [0.29, 0.717) is 19.6 Å². The summed E-state index contributed by atoms with van der Waals surface area (Å²) in [5, 5.41) is 0.209. The maximum Gasteiger partial charge on any atom is 0.282 e. The van der Waals surface area contributed by atoms with E-state index in [1.54, 1.807) is 6.07 Å². The van der Waals surface area contributed by atoms with Crippen LogP contribution in [0.1, 0.15) is 5.56 Å². The first-order chi connectivity index (χ1) is 10.8. The van der Waals surface area contributed by atoms with Gasteiger partial charge in [-0.25, -0.2) is 4.39 Å². The Labute approximate surface area is 141 Å². The fraction of sp³-hybridized carbons (Fsp3) is 0.571. The van der Waals surface area contributed by atoms with Crippen molar-refractivity contribution in [2.75, 3.05) is 40.3 Å². The highest BCUT2D eigenvalue weighted by Crippen LogP contribution is 2.23. The molecule has 23 heavy (non-hydrogen) atoms. The molecule has 6 nitrogen and oxygen atoms in total. The van der Waals surface area contributed by atoms with Crippen molar-refractivity contribution in [3.63, 3.8) is 0 Å². The van der Waals surface area contributed by atoms with E-state index in [-0.39, 0.29) is 29.7 Å². The summed E-state index contributed by atoms with van der Waals surface area (Å²) >= 11 is 5.98. The highest BCUT2D eigenvalue weighted by Gasteiger charge is 2.36. The van der Waals surface area contributed by atoms with Crippen molar-refractivity contribution in [3.8, 4) is 0 Å². The zero-order valence-electron chi connectivity index (χ0n) is 13.2. The standard InChI is InChI=1S/C14H22ClFN4O2S/c1-18-6-7-20(11(8-17)9-18)23(21,22)19(2)10-12-13(15)4-3-5-14(12)16/h3-5,11H,6-10,17H2,1-2H3. The zero-order chi connectivity index (χ0) is 17.2. The first-order valence-corrected chi connectivity index (χ1v) is 9.09. The van der Waals surface area contributed by atoms with Gasteiger partial charge in [-0.1, -0.05) is 17.7 Å². The molecule has 1 aromatic carbocycles. The number of rotatable bonds is 5. The van der Waals surface area contributed by atoms with Gasteiger partial charge in [-0.05, 0) is 19.2 Å². The summed E-state index contributed by atoms with van der Waals surface area (Å²) in [7, 11) is -0.397. The Morgan fingerprint density at radius 1 is 1.43 bits per heavy atom. The summed E-state index contributed by atoms with van der Waals surface area (Å²) < 4.78 is 42.0. The van der Waals surface area contributed by atoms with Crippen LogP contribution in [0.4, 0.5) is 4.39 Å². The van der Waals surface area contributed by atoms with Crippen LogP contribution in [0.5, 0.6) is 0 Å². The lowest BCUT2D eigenvalue weighted by atomic mass is 10.2. The van der Waals surface area contributed by atoms with Crippen molar-refractivity contribution >= 4 is 21.8 Å². The number of benzene rings is 1. The largest absolute Gasteiger partial charge is 0.329 e. The van der Waals surface area contributed by atoms with Crippen molar-refractivity contribution in [2.24, 2.45) is 5.73 Å². The Balaban J connectivity index is 2.21. The van der Waals surface area contributed by atoms with Gasteiger partial charge in [0.2, 0.25) is 0 Å². The van der Waals surface area contributed by atoms with Gasteiger partial charge in [-0.2, -0.15) is 17.0 Å². The normalized spacial score (nSPS) is 21.0. The molecule has 1 unspecified atom stereocenters. The maximum absolute atomic E-state index is 13.9. The van der Waals surface area contributed by atoms with Crippen LogP contribution in [0.25, 0.3) is 0 Å². The zero-order valence-corrected chi connectivity index (χ0v) is 14.8. The second kappa shape index (κ2) is 7.42. The van der Waals surface area contributed by atoms with Crippen molar-refractivity contribution in [3.05, 3.63) is 34.6 Å². The Kier molecular flexibility index (Phi) is 5.99. The Morgan fingerprint density at radius 2 is 2.13 bits per heavy atom. The lowest BCUT2D eigenvalue weighted by molar-refractivity contribution is 0.156. The van der Waals surface area contributed by atoms with Gasteiger partial charge in [0.1, 0.15) is 5.82 Å². The number of hydrogen-bond donors (Lipinski definition) is 1. The molecule has 0 spiro atoms. The third-order valence-electron chi connectivity index (χ3n) is 4.04. The molecule has 1 saturated heterocycles. The molecule has 2 N–H and O–H groups in total. The molecular formula is C14H22ClFN4O2S. The highest BCUT2D eigenvalue weighted by atomic mass is 35.5. The topological polar surface area (TPSA) is 69.9 Å². The minimum atomic E-state index is -3.74. The fourth-order valence-corrected chi connectivity index (χ4v) is 4.37. The molecule has 130 valence electrons. The number of nitrogens with zero attached hydrogens (tertiary/aromatic N) is 3. The van der Waals surface area contributed by atoms with Crippen molar-refractivity contribution in [1.82, 2.24) is 13.5 Å². The molecule has 0 amide bonds. The van der Waals surface area contributed by atoms with Gasteiger partial charge in [-0.3, -0.25) is 0 Å². The van der Waals surface area contributed by atoms with Crippen molar-refractivity contribution in [2.45, 2.75) is 12.6 Å². The van der Waals surface area contributed by atoms with Crippen molar-refractivity contribution < 1.29 is 12.8 Å². The van der Waals surface area contributed by atoms with E-state index < -0.39 is 16.0 Å². The lowest BCUT2D eigenvalue weighted by Crippen LogP contribution is -2.59. The van der Waals surface area contributed by atoms with E-state index in [0.717, 1.165) is 4.31 Å². The Bertz CT molecular complexity index is 638. The van der Waals surface area contributed by atoms with Crippen LogP contribution in [0.15, 0.2) is 18.2 Å². The first kappa shape index (κ1) is 18.6. The molecule has 1 heterocycles. The van der Waals surface area contributed by atoms with Crippen LogP contribution in [0, 0.1) is 5.82 Å². The SMILES string of the molecule is CN1CCN(S(=O)(=O)N(C)Cc2c(F)cccc2Cl)C(CN)C1. The third-order valence-corrected chi connectivity index (χ3v) is 6.38. The highest BCUT2D eigenvalue weighted by molar-refractivity contribution is 7.86. The second-order valence-electron chi connectivity index (χ2n) is 5.73.